The van der Waals surface area contributed by atoms with Crippen molar-refractivity contribution in [2.24, 2.45) is 35.5 Å². The van der Waals surface area contributed by atoms with Gasteiger partial charge in [-0.1, -0.05) is 76.7 Å². The Morgan fingerprint density at radius 3 is 2.10 bits per heavy atom. The molecule has 0 N–H and O–H groups in total. The molecule has 0 heterocycles. The van der Waals surface area contributed by atoms with Crippen LogP contribution < -0.4 is 0 Å². The van der Waals surface area contributed by atoms with E-state index in [9.17, 15) is 0 Å². The maximum absolute atomic E-state index is 4.73. The van der Waals surface area contributed by atoms with Gasteiger partial charge in [0, 0.05) is 0 Å². The lowest BCUT2D eigenvalue weighted by Crippen LogP contribution is -2.59. The van der Waals surface area contributed by atoms with E-state index in [1.54, 1.807) is 5.57 Å². The number of hydrogen-bond donors (Lipinski definition) is 0. The normalized spacial score (nSPS) is 38.9. The average Bonchev–Trinajstić information content (AvgIpc) is 3.25. The Bertz CT molecular complexity index is 725. The van der Waals surface area contributed by atoms with Crippen LogP contribution in [0.25, 0.3) is 0 Å². The molecule has 1 heteroatoms. The van der Waals surface area contributed by atoms with E-state index in [0.29, 0.717) is 0 Å². The van der Waals surface area contributed by atoms with Gasteiger partial charge in [-0.05, 0) is 110 Å². The Hall–Kier alpha value is -0.170. The first-order valence-corrected chi connectivity index (χ1v) is 17.6. The van der Waals surface area contributed by atoms with E-state index >= 15 is 0 Å². The molecule has 0 aromatic carbocycles. The molecule has 6 unspecified atom stereocenters. The lowest BCUT2D eigenvalue weighted by Gasteiger charge is -2.83. The molecule has 4 rings (SSSR count). The molecule has 0 radical (unpaired) electrons. The zero-order chi connectivity index (χ0) is 22.5. The molecular weight excluding hydrogens is 392 g/mol. The molecular formula is C30H54S. The van der Waals surface area contributed by atoms with E-state index in [4.69, 9.17) is 6.58 Å². The van der Waals surface area contributed by atoms with Gasteiger partial charge in [-0.3, -0.25) is 8.29 Å². The predicted octanol–water partition coefficient (Wildman–Crippen LogP) is 8.71. The first-order chi connectivity index (χ1) is 14.5. The van der Waals surface area contributed by atoms with Crippen molar-refractivity contribution in [3.05, 3.63) is 24.3 Å². The van der Waals surface area contributed by atoms with Gasteiger partial charge in [-0.25, -0.2) is 0 Å². The minimum atomic E-state index is -2.38. The zero-order valence-corrected chi connectivity index (χ0v) is 22.6. The highest BCUT2D eigenvalue weighted by Crippen LogP contribution is 2.92. The van der Waals surface area contributed by atoms with E-state index in [2.05, 4.69) is 39.9 Å². The summed E-state index contributed by atoms with van der Waals surface area (Å²) in [6, 6.07) is 0. The van der Waals surface area contributed by atoms with Crippen molar-refractivity contribution in [2.75, 3.05) is 29.8 Å². The fourth-order valence-electron chi connectivity index (χ4n) is 9.28. The second-order valence-corrected chi connectivity index (χ2v) is 23.5. The highest BCUT2D eigenvalue weighted by molar-refractivity contribution is 8.64. The highest BCUT2D eigenvalue weighted by Gasteiger charge is 2.63. The summed E-state index contributed by atoms with van der Waals surface area (Å²) in [6.45, 7) is 16.6. The van der Waals surface area contributed by atoms with Gasteiger partial charge in [0.05, 0.1) is 0 Å². The lowest BCUT2D eigenvalue weighted by atomic mass is 9.79. The van der Waals surface area contributed by atoms with Crippen molar-refractivity contribution in [1.82, 2.24) is 0 Å². The van der Waals surface area contributed by atoms with Crippen LogP contribution in [-0.4, -0.2) is 35.0 Å². The van der Waals surface area contributed by atoms with Gasteiger partial charge >= 0.3 is 0 Å². The van der Waals surface area contributed by atoms with Gasteiger partial charge in [-0.2, -0.15) is 0 Å². The van der Waals surface area contributed by atoms with Crippen molar-refractivity contribution < 1.29 is 0 Å². The van der Waals surface area contributed by atoms with Crippen LogP contribution in [0.1, 0.15) is 91.4 Å². The van der Waals surface area contributed by atoms with Crippen LogP contribution in [0, 0.1) is 35.5 Å². The van der Waals surface area contributed by atoms with Gasteiger partial charge < -0.3 is 0 Å². The van der Waals surface area contributed by atoms with Crippen molar-refractivity contribution in [3.63, 3.8) is 0 Å². The lowest BCUT2D eigenvalue weighted by molar-refractivity contribution is 0.231. The Morgan fingerprint density at radius 1 is 0.935 bits per heavy atom. The highest BCUT2D eigenvalue weighted by atomic mass is 32.4. The Kier molecular flexibility index (Phi) is 6.15. The monoisotopic (exact) mass is 446 g/mol. The van der Waals surface area contributed by atoms with E-state index in [0.717, 1.165) is 40.8 Å². The van der Waals surface area contributed by atoms with Crippen LogP contribution in [0.15, 0.2) is 24.3 Å². The summed E-state index contributed by atoms with van der Waals surface area (Å²) in [5.41, 5.74) is 3.07. The summed E-state index contributed by atoms with van der Waals surface area (Å²) in [5, 5.41) is 0.786. The van der Waals surface area contributed by atoms with Crippen LogP contribution in [0.5, 0.6) is 0 Å². The fraction of sp³-hybridized carbons (Fsp3) is 0.867. The SMILES string of the molecule is C=C(C)CS(C)(C)(CCC1CCC1)(CC1CCCC1C1CCCC1C)C1CC(C)C1=C. The molecule has 31 heavy (non-hydrogen) atoms. The van der Waals surface area contributed by atoms with Crippen LogP contribution in [0.4, 0.5) is 0 Å². The van der Waals surface area contributed by atoms with Crippen LogP contribution in [0.3, 0.4) is 0 Å². The predicted molar refractivity (Wildman–Crippen MR) is 145 cm³/mol. The van der Waals surface area contributed by atoms with Gasteiger partial charge in [0.1, 0.15) is 0 Å². The second kappa shape index (κ2) is 7.95. The molecule has 0 saturated heterocycles. The molecule has 0 aromatic heterocycles. The van der Waals surface area contributed by atoms with Gasteiger partial charge in [0.25, 0.3) is 0 Å². The van der Waals surface area contributed by atoms with Gasteiger partial charge in [0.2, 0.25) is 0 Å². The molecule has 0 aliphatic heterocycles. The maximum atomic E-state index is 4.73. The topological polar surface area (TPSA) is 0 Å². The minimum absolute atomic E-state index is 0.739. The fourth-order valence-corrected chi connectivity index (χ4v) is 18.4. The molecule has 4 aliphatic rings. The molecule has 0 amide bonds. The zero-order valence-electron chi connectivity index (χ0n) is 21.8. The largest absolute Gasteiger partial charge is 0.270 e. The third kappa shape index (κ3) is 4.24. The van der Waals surface area contributed by atoms with E-state index in [1.807, 2.05) is 0 Å². The van der Waals surface area contributed by atoms with Crippen molar-refractivity contribution in [1.29, 1.82) is 0 Å². The molecule has 0 nitrogen and oxygen atoms in total. The molecule has 0 spiro atoms. The quantitative estimate of drug-likeness (QED) is 0.311. The van der Waals surface area contributed by atoms with E-state index in [1.165, 1.54) is 93.5 Å². The van der Waals surface area contributed by atoms with E-state index < -0.39 is 8.29 Å². The molecule has 4 aliphatic carbocycles. The Morgan fingerprint density at radius 2 is 1.58 bits per heavy atom. The molecule has 180 valence electrons. The Balaban J connectivity index is 1.69. The molecule has 4 saturated carbocycles. The molecule has 0 bridgehead atoms. The smallest absolute Gasteiger partial charge is 0.000258 e. The van der Waals surface area contributed by atoms with Gasteiger partial charge in [-0.15, -0.1) is 0 Å². The average molecular weight is 447 g/mol. The molecule has 4 fully saturated rings. The molecule has 0 aromatic rings. The van der Waals surface area contributed by atoms with Gasteiger partial charge in [0.15, 0.2) is 0 Å². The summed E-state index contributed by atoms with van der Waals surface area (Å²) < 4.78 is 0. The summed E-state index contributed by atoms with van der Waals surface area (Å²) in [7, 11) is -2.38. The number of rotatable bonds is 9. The maximum Gasteiger partial charge on any atom is -0.000258 e. The van der Waals surface area contributed by atoms with Crippen LogP contribution in [0.2, 0.25) is 0 Å². The summed E-state index contributed by atoms with van der Waals surface area (Å²) in [4.78, 5) is 0. The van der Waals surface area contributed by atoms with Crippen LogP contribution >= 0.6 is 8.29 Å². The van der Waals surface area contributed by atoms with E-state index in [-0.39, 0.29) is 0 Å². The number of hydrogen-bond acceptors (Lipinski definition) is 0. The van der Waals surface area contributed by atoms with Crippen LogP contribution in [-0.2, 0) is 0 Å². The van der Waals surface area contributed by atoms with Crippen molar-refractivity contribution in [2.45, 2.75) is 96.7 Å². The summed E-state index contributed by atoms with van der Waals surface area (Å²) in [5.74, 6) is 10.0. The third-order valence-electron chi connectivity index (χ3n) is 11.2. The first-order valence-electron chi connectivity index (χ1n) is 13.8. The molecule has 6 atom stereocenters. The standard InChI is InChI=1S/C30H54S/c1-22(2)20-31(6,7,18-17-26-12-9-13-26,30-19-24(4)25(30)5)21-27-14-10-16-29(27)28-15-8-11-23(28)3/h23-24,26-30H,1,5,8-21H2,2-4,6-7H3. The second-order valence-electron chi connectivity index (χ2n) is 14.4. The summed E-state index contributed by atoms with van der Waals surface area (Å²) in [6.07, 6.45) is 22.1. The minimum Gasteiger partial charge on any atom is -0.270 e. The first kappa shape index (κ1) is 24.0. The summed E-state index contributed by atoms with van der Waals surface area (Å²) >= 11 is 0. The van der Waals surface area contributed by atoms with Crippen molar-refractivity contribution >= 4 is 8.29 Å². The third-order valence-corrected chi connectivity index (χ3v) is 19.4. The Labute approximate surface area is 194 Å². The van der Waals surface area contributed by atoms with Crippen molar-refractivity contribution in [3.8, 4) is 0 Å².